The normalized spacial score (nSPS) is 14.4. The van der Waals surface area contributed by atoms with E-state index in [1.165, 1.54) is 42.5 Å². The molecule has 1 aliphatic carbocycles. The van der Waals surface area contributed by atoms with Gasteiger partial charge in [-0.1, -0.05) is 31.0 Å². The van der Waals surface area contributed by atoms with Crippen LogP contribution < -0.4 is 21.7 Å². The quantitative estimate of drug-likeness (QED) is 0.394. The van der Waals surface area contributed by atoms with Crippen molar-refractivity contribution in [2.75, 3.05) is 10.6 Å². The molecule has 1 fully saturated rings. The van der Waals surface area contributed by atoms with Gasteiger partial charge in [0.2, 0.25) is 5.91 Å². The molecule has 0 aliphatic heterocycles. The predicted molar refractivity (Wildman–Crippen MR) is 130 cm³/mol. The highest BCUT2D eigenvalue weighted by Gasteiger charge is 2.37. The summed E-state index contributed by atoms with van der Waals surface area (Å²) >= 11 is 0.667. The average Bonchev–Trinajstić information content (AvgIpc) is 3.47. The van der Waals surface area contributed by atoms with E-state index in [2.05, 4.69) is 9.69 Å². The van der Waals surface area contributed by atoms with Crippen LogP contribution in [-0.2, 0) is 4.79 Å². The second-order valence-electron chi connectivity index (χ2n) is 8.28. The van der Waals surface area contributed by atoms with Crippen LogP contribution in [0.25, 0.3) is 0 Å². The molecule has 1 aromatic heterocycles. The lowest BCUT2D eigenvalue weighted by molar-refractivity contribution is -0.123. The number of aromatic hydroxyl groups is 1. The summed E-state index contributed by atoms with van der Waals surface area (Å²) in [6, 6.07) is 9.77. The average molecular weight is 498 g/mol. The molecule has 4 rings (SSSR count). The predicted octanol–water partition coefficient (Wildman–Crippen LogP) is 3.12. The number of amides is 3. The van der Waals surface area contributed by atoms with E-state index in [0.717, 1.165) is 36.6 Å². The highest BCUT2D eigenvalue weighted by molar-refractivity contribution is 7.09. The summed E-state index contributed by atoms with van der Waals surface area (Å²) in [5, 5.41) is 12.8. The number of halogens is 1. The first-order valence-corrected chi connectivity index (χ1v) is 11.8. The first kappa shape index (κ1) is 24.1. The standard InChI is InChI=1S/C24H24FN5O4S/c25-14-4-3-7-16(12-14)30(24(34)21-18(26)19(22(27)32)29-35-21)20(13-8-10-17(31)11-9-13)23(33)28-15-5-1-2-6-15/h3-4,7-12,15,20,31H,1-2,5-6,26H2,(H2,27,32)(H,28,33)/t20-/m1/s1. The number of hydrogen-bond donors (Lipinski definition) is 4. The second-order valence-corrected chi connectivity index (χ2v) is 9.05. The van der Waals surface area contributed by atoms with Gasteiger partial charge in [0.25, 0.3) is 11.8 Å². The molecule has 182 valence electrons. The number of benzene rings is 2. The van der Waals surface area contributed by atoms with Crippen molar-refractivity contribution in [3.63, 3.8) is 0 Å². The summed E-state index contributed by atoms with van der Waals surface area (Å²) in [5.74, 6) is -2.76. The van der Waals surface area contributed by atoms with Gasteiger partial charge in [-0.15, -0.1) is 0 Å². The number of nitrogens with one attached hydrogen (secondary N) is 1. The van der Waals surface area contributed by atoms with Crippen LogP contribution in [0.4, 0.5) is 15.8 Å². The molecule has 0 bridgehead atoms. The van der Waals surface area contributed by atoms with Gasteiger partial charge in [0.05, 0.1) is 5.69 Å². The summed E-state index contributed by atoms with van der Waals surface area (Å²) < 4.78 is 18.2. The molecular weight excluding hydrogens is 473 g/mol. The number of nitrogen functional groups attached to an aromatic ring is 1. The molecule has 1 atom stereocenters. The Morgan fingerprint density at radius 1 is 1.14 bits per heavy atom. The van der Waals surface area contributed by atoms with Crippen LogP contribution in [0.5, 0.6) is 5.75 Å². The van der Waals surface area contributed by atoms with E-state index in [0.29, 0.717) is 17.1 Å². The van der Waals surface area contributed by atoms with Crippen molar-refractivity contribution in [1.82, 2.24) is 9.69 Å². The number of hydrogen-bond acceptors (Lipinski definition) is 7. The fourth-order valence-electron chi connectivity index (χ4n) is 4.17. The van der Waals surface area contributed by atoms with Crippen LogP contribution in [0.15, 0.2) is 48.5 Å². The second kappa shape index (κ2) is 10.1. The molecule has 9 nitrogen and oxygen atoms in total. The van der Waals surface area contributed by atoms with Crippen LogP contribution in [-0.4, -0.2) is 33.2 Å². The van der Waals surface area contributed by atoms with Crippen molar-refractivity contribution in [2.45, 2.75) is 37.8 Å². The highest BCUT2D eigenvalue weighted by atomic mass is 32.1. The number of phenols is 1. The zero-order chi connectivity index (χ0) is 25.1. The number of anilines is 2. The number of nitrogens with zero attached hydrogens (tertiary/aromatic N) is 2. The Balaban J connectivity index is 1.85. The minimum atomic E-state index is -1.23. The third-order valence-corrected chi connectivity index (χ3v) is 6.73. The lowest BCUT2D eigenvalue weighted by Crippen LogP contribution is -2.46. The molecule has 3 amide bonds. The van der Waals surface area contributed by atoms with E-state index in [-0.39, 0.29) is 33.7 Å². The smallest absolute Gasteiger partial charge is 0.273 e. The van der Waals surface area contributed by atoms with Gasteiger partial charge in [0.1, 0.15) is 22.5 Å². The fourth-order valence-corrected chi connectivity index (χ4v) is 4.92. The minimum Gasteiger partial charge on any atom is -0.508 e. The Bertz CT molecular complexity index is 1260. The lowest BCUT2D eigenvalue weighted by atomic mass is 10.0. The molecule has 0 spiro atoms. The Morgan fingerprint density at radius 2 is 1.83 bits per heavy atom. The van der Waals surface area contributed by atoms with Crippen molar-refractivity contribution in [2.24, 2.45) is 5.73 Å². The van der Waals surface area contributed by atoms with Gasteiger partial charge < -0.3 is 21.9 Å². The van der Waals surface area contributed by atoms with E-state index >= 15 is 0 Å². The molecule has 6 N–H and O–H groups in total. The van der Waals surface area contributed by atoms with Crippen LogP contribution in [0.1, 0.15) is 57.4 Å². The number of rotatable bonds is 7. The highest BCUT2D eigenvalue weighted by Crippen LogP contribution is 2.34. The van der Waals surface area contributed by atoms with Gasteiger partial charge in [0.15, 0.2) is 5.69 Å². The number of nitrogens with two attached hydrogens (primary N) is 2. The van der Waals surface area contributed by atoms with E-state index in [1.807, 2.05) is 0 Å². The van der Waals surface area contributed by atoms with Crippen LogP contribution >= 0.6 is 11.5 Å². The molecule has 0 unspecified atom stereocenters. The van der Waals surface area contributed by atoms with Gasteiger partial charge >= 0.3 is 0 Å². The third-order valence-electron chi connectivity index (χ3n) is 5.88. The van der Waals surface area contributed by atoms with Crippen LogP contribution in [0, 0.1) is 5.82 Å². The zero-order valence-corrected chi connectivity index (χ0v) is 19.4. The van der Waals surface area contributed by atoms with E-state index < -0.39 is 29.6 Å². The number of carbonyl (C=O) groups is 3. The zero-order valence-electron chi connectivity index (χ0n) is 18.6. The molecule has 2 aromatic carbocycles. The molecule has 0 radical (unpaired) electrons. The number of aromatic nitrogens is 1. The van der Waals surface area contributed by atoms with Crippen LogP contribution in [0.3, 0.4) is 0 Å². The molecule has 1 heterocycles. The largest absolute Gasteiger partial charge is 0.508 e. The Hall–Kier alpha value is -3.99. The van der Waals surface area contributed by atoms with Crippen molar-refractivity contribution >= 4 is 40.6 Å². The first-order chi connectivity index (χ1) is 16.8. The van der Waals surface area contributed by atoms with Gasteiger partial charge in [-0.25, -0.2) is 4.39 Å². The maximum atomic E-state index is 14.3. The maximum absolute atomic E-state index is 14.3. The van der Waals surface area contributed by atoms with Crippen molar-refractivity contribution in [1.29, 1.82) is 0 Å². The molecule has 1 saturated carbocycles. The fraction of sp³-hybridized carbons (Fsp3) is 0.250. The molecule has 3 aromatic rings. The molecule has 35 heavy (non-hydrogen) atoms. The van der Waals surface area contributed by atoms with Gasteiger partial charge in [-0.05, 0) is 60.3 Å². The minimum absolute atomic E-state index is 0.0230. The summed E-state index contributed by atoms with van der Waals surface area (Å²) in [5.41, 5.74) is 11.3. The SMILES string of the molecule is NC(=O)c1nsc(C(=O)N(c2cccc(F)c2)[C@@H](C(=O)NC2CCCC2)c2ccc(O)cc2)c1N. The Kier molecular flexibility index (Phi) is 6.97. The monoisotopic (exact) mass is 497 g/mol. The van der Waals surface area contributed by atoms with E-state index in [1.54, 1.807) is 0 Å². The van der Waals surface area contributed by atoms with Gasteiger partial charge in [0, 0.05) is 11.7 Å². The Morgan fingerprint density at radius 3 is 2.43 bits per heavy atom. The van der Waals surface area contributed by atoms with Crippen molar-refractivity contribution < 1.29 is 23.9 Å². The molecule has 11 heteroatoms. The first-order valence-electron chi connectivity index (χ1n) is 11.0. The Labute approximate surface area is 204 Å². The topological polar surface area (TPSA) is 152 Å². The number of carbonyl (C=O) groups excluding carboxylic acids is 3. The van der Waals surface area contributed by atoms with E-state index in [9.17, 15) is 23.9 Å². The van der Waals surface area contributed by atoms with Crippen LogP contribution in [0.2, 0.25) is 0 Å². The van der Waals surface area contributed by atoms with Crippen molar-refractivity contribution in [3.05, 3.63) is 70.5 Å². The number of primary amides is 1. The third kappa shape index (κ3) is 5.09. The molecule has 0 saturated heterocycles. The summed E-state index contributed by atoms with van der Waals surface area (Å²) in [4.78, 5) is 40.2. The summed E-state index contributed by atoms with van der Waals surface area (Å²) in [6.07, 6.45) is 3.58. The maximum Gasteiger partial charge on any atom is 0.273 e. The van der Waals surface area contributed by atoms with Gasteiger partial charge in [-0.2, -0.15) is 4.37 Å². The molecular formula is C24H24FN5O4S. The summed E-state index contributed by atoms with van der Waals surface area (Å²) in [7, 11) is 0. The molecule has 1 aliphatic rings. The lowest BCUT2D eigenvalue weighted by Gasteiger charge is -2.32. The van der Waals surface area contributed by atoms with E-state index in [4.69, 9.17) is 11.5 Å². The number of phenolic OH excluding ortho intramolecular Hbond substituents is 1. The van der Waals surface area contributed by atoms with Crippen molar-refractivity contribution in [3.8, 4) is 5.75 Å². The van der Waals surface area contributed by atoms with Gasteiger partial charge in [-0.3, -0.25) is 19.3 Å². The summed E-state index contributed by atoms with van der Waals surface area (Å²) in [6.45, 7) is 0.